The van der Waals surface area contributed by atoms with E-state index in [9.17, 15) is 5.11 Å². The molecule has 0 radical (unpaired) electrons. The summed E-state index contributed by atoms with van der Waals surface area (Å²) in [6, 6.07) is 3.90. The van der Waals surface area contributed by atoms with Crippen molar-refractivity contribution in [1.29, 1.82) is 0 Å². The molecule has 24 heavy (non-hydrogen) atoms. The Balaban J connectivity index is 2.00. The zero-order valence-electron chi connectivity index (χ0n) is 14.8. The highest BCUT2D eigenvalue weighted by Crippen LogP contribution is 2.39. The molecule has 0 heterocycles. The van der Waals surface area contributed by atoms with Gasteiger partial charge in [0.05, 0.1) is 12.7 Å². The van der Waals surface area contributed by atoms with Gasteiger partial charge in [-0.25, -0.2) is 0 Å². The van der Waals surface area contributed by atoms with Crippen LogP contribution in [0.1, 0.15) is 43.7 Å². The number of hydrogen-bond acceptors (Lipinski definition) is 2. The monoisotopic (exact) mass is 370 g/mol. The molecule has 1 aromatic carbocycles. The molecule has 0 aromatic heterocycles. The van der Waals surface area contributed by atoms with Crippen molar-refractivity contribution in [3.05, 3.63) is 40.4 Å². The predicted octanol–water partition coefficient (Wildman–Crippen LogP) is 5.69. The van der Waals surface area contributed by atoms with E-state index in [0.717, 1.165) is 41.2 Å². The average Bonchev–Trinajstić information content (AvgIpc) is 2.80. The van der Waals surface area contributed by atoms with Crippen LogP contribution in [0.2, 0.25) is 5.02 Å². The van der Waals surface area contributed by atoms with E-state index in [0.29, 0.717) is 13.0 Å². The minimum atomic E-state index is -0.397. The Morgan fingerprint density at radius 2 is 1.88 bits per heavy atom. The van der Waals surface area contributed by atoms with Crippen LogP contribution in [0.5, 0.6) is 5.75 Å². The lowest BCUT2D eigenvalue weighted by Crippen LogP contribution is -2.27. The first-order valence-corrected chi connectivity index (χ1v) is 9.62. The maximum Gasteiger partial charge on any atom is 0.119 e. The number of hydrogen-bond donors (Lipinski definition) is 1. The first-order valence-electron chi connectivity index (χ1n) is 8.80. The van der Waals surface area contributed by atoms with Crippen LogP contribution in [0.3, 0.4) is 0 Å². The van der Waals surface area contributed by atoms with Gasteiger partial charge in [0.1, 0.15) is 5.75 Å². The summed E-state index contributed by atoms with van der Waals surface area (Å²) in [6.45, 7) is 6.60. The van der Waals surface area contributed by atoms with Gasteiger partial charge in [0.15, 0.2) is 0 Å². The molecule has 0 spiro atoms. The maximum absolute atomic E-state index is 10.4. The van der Waals surface area contributed by atoms with Gasteiger partial charge in [-0.15, -0.1) is 11.6 Å². The first kappa shape index (κ1) is 19.6. The average molecular weight is 371 g/mol. The molecule has 1 aliphatic rings. The summed E-state index contributed by atoms with van der Waals surface area (Å²) in [7, 11) is 0. The molecule has 1 N–H and O–H groups in total. The number of aliphatic hydroxyl groups is 1. The number of halogens is 2. The number of benzene rings is 1. The van der Waals surface area contributed by atoms with Crippen molar-refractivity contribution < 1.29 is 9.84 Å². The summed E-state index contributed by atoms with van der Waals surface area (Å²) in [6.07, 6.45) is 7.79. The Labute approximate surface area is 155 Å². The molecular formula is C20H28Cl2O2. The first-order chi connectivity index (χ1) is 11.4. The van der Waals surface area contributed by atoms with E-state index < -0.39 is 6.10 Å². The molecule has 4 heteroatoms. The second kappa shape index (κ2) is 9.12. The molecule has 1 saturated carbocycles. The molecule has 4 atom stereocenters. The third-order valence-corrected chi connectivity index (χ3v) is 5.96. The van der Waals surface area contributed by atoms with Crippen LogP contribution < -0.4 is 4.74 Å². The summed E-state index contributed by atoms with van der Waals surface area (Å²) in [5.41, 5.74) is 2.01. The molecule has 1 aliphatic carbocycles. The van der Waals surface area contributed by atoms with E-state index in [1.54, 1.807) is 0 Å². The summed E-state index contributed by atoms with van der Waals surface area (Å²) >= 11 is 12.7. The molecule has 0 amide bonds. The van der Waals surface area contributed by atoms with Gasteiger partial charge >= 0.3 is 0 Å². The lowest BCUT2D eigenvalue weighted by molar-refractivity contribution is 0.0807. The van der Waals surface area contributed by atoms with Crippen molar-refractivity contribution in [2.24, 2.45) is 11.8 Å². The minimum absolute atomic E-state index is 0.00793. The highest BCUT2D eigenvalue weighted by Gasteiger charge is 2.41. The van der Waals surface area contributed by atoms with Crippen LogP contribution in [0.25, 0.3) is 0 Å². The fourth-order valence-corrected chi connectivity index (χ4v) is 3.99. The third-order valence-electron chi connectivity index (χ3n) is 4.86. The molecule has 0 unspecified atom stereocenters. The van der Waals surface area contributed by atoms with E-state index in [2.05, 4.69) is 19.1 Å². The smallest absolute Gasteiger partial charge is 0.119 e. The molecule has 1 aromatic rings. The number of ether oxygens (including phenoxy) is 1. The van der Waals surface area contributed by atoms with Crippen molar-refractivity contribution in [2.45, 2.75) is 57.9 Å². The molecule has 0 saturated heterocycles. The van der Waals surface area contributed by atoms with Crippen molar-refractivity contribution in [1.82, 2.24) is 0 Å². The number of aryl methyl sites for hydroxylation is 2. The van der Waals surface area contributed by atoms with Crippen LogP contribution in [0.4, 0.5) is 0 Å². The lowest BCUT2D eigenvalue weighted by atomic mass is 9.92. The van der Waals surface area contributed by atoms with Crippen LogP contribution in [-0.2, 0) is 0 Å². The van der Waals surface area contributed by atoms with Gasteiger partial charge in [-0.05, 0) is 62.3 Å². The zero-order valence-corrected chi connectivity index (χ0v) is 16.3. The molecule has 0 aliphatic heterocycles. The van der Waals surface area contributed by atoms with E-state index in [1.165, 1.54) is 0 Å². The van der Waals surface area contributed by atoms with Gasteiger partial charge in [0, 0.05) is 16.3 Å². The van der Waals surface area contributed by atoms with Gasteiger partial charge in [-0.1, -0.05) is 37.1 Å². The van der Waals surface area contributed by atoms with Crippen molar-refractivity contribution in [2.75, 3.05) is 6.61 Å². The normalized spacial score (nSPS) is 27.1. The predicted molar refractivity (Wildman–Crippen MR) is 102 cm³/mol. The van der Waals surface area contributed by atoms with Crippen molar-refractivity contribution in [3.63, 3.8) is 0 Å². The fraction of sp³-hybridized carbons (Fsp3) is 0.600. The Kier molecular flexibility index (Phi) is 7.46. The zero-order chi connectivity index (χ0) is 17.7. The largest absolute Gasteiger partial charge is 0.493 e. The van der Waals surface area contributed by atoms with E-state index >= 15 is 0 Å². The van der Waals surface area contributed by atoms with Crippen molar-refractivity contribution in [3.8, 4) is 5.75 Å². The Hall–Kier alpha value is -0.700. The van der Waals surface area contributed by atoms with Crippen LogP contribution >= 0.6 is 23.2 Å². The Bertz CT molecular complexity index is 548. The van der Waals surface area contributed by atoms with E-state index in [-0.39, 0.29) is 17.2 Å². The minimum Gasteiger partial charge on any atom is -0.493 e. The highest BCUT2D eigenvalue weighted by atomic mass is 35.5. The number of allylic oxidation sites excluding steroid dienone is 2. The maximum atomic E-state index is 10.4. The standard InChI is InChI=1S/C20H28Cl2O2/c1-4-5-6-7-8-16-17(19(23)11-18(16)21)12-24-15-9-13(2)20(22)14(3)10-15/h6-7,9-10,16-19,23H,4-5,8,11-12H2,1-3H3/b7-6-/t16-,17-,18-,19-/m1/s1. The summed E-state index contributed by atoms with van der Waals surface area (Å²) in [5, 5.41) is 11.1. The quantitative estimate of drug-likeness (QED) is 0.493. The second-order valence-corrected chi connectivity index (χ2v) is 7.76. The third kappa shape index (κ3) is 4.91. The number of aliphatic hydroxyl groups excluding tert-OH is 1. The molecular weight excluding hydrogens is 343 g/mol. The number of alkyl halides is 1. The van der Waals surface area contributed by atoms with Crippen LogP contribution in [0.15, 0.2) is 24.3 Å². The molecule has 2 nitrogen and oxygen atoms in total. The summed E-state index contributed by atoms with van der Waals surface area (Å²) < 4.78 is 5.98. The van der Waals surface area contributed by atoms with Crippen LogP contribution in [-0.4, -0.2) is 23.2 Å². The van der Waals surface area contributed by atoms with Crippen molar-refractivity contribution >= 4 is 23.2 Å². The lowest BCUT2D eigenvalue weighted by Gasteiger charge is -2.23. The molecule has 134 valence electrons. The summed E-state index contributed by atoms with van der Waals surface area (Å²) in [4.78, 5) is 0. The Morgan fingerprint density at radius 3 is 2.50 bits per heavy atom. The SMILES string of the molecule is CCC/C=C\C[C@@H]1[C@@H](COc2cc(C)c(Cl)c(C)c2)[C@H](O)C[C@H]1Cl. The van der Waals surface area contributed by atoms with Gasteiger partial charge in [-0.3, -0.25) is 0 Å². The topological polar surface area (TPSA) is 29.5 Å². The molecule has 0 bridgehead atoms. The van der Waals surface area contributed by atoms with Gasteiger partial charge < -0.3 is 9.84 Å². The molecule has 2 rings (SSSR count). The van der Waals surface area contributed by atoms with Gasteiger partial charge in [0.2, 0.25) is 0 Å². The highest BCUT2D eigenvalue weighted by molar-refractivity contribution is 6.32. The van der Waals surface area contributed by atoms with Gasteiger partial charge in [-0.2, -0.15) is 0 Å². The van der Waals surface area contributed by atoms with E-state index in [4.69, 9.17) is 27.9 Å². The molecule has 1 fully saturated rings. The summed E-state index contributed by atoms with van der Waals surface area (Å²) in [5.74, 6) is 1.12. The van der Waals surface area contributed by atoms with Gasteiger partial charge in [0.25, 0.3) is 0 Å². The number of unbranched alkanes of at least 4 members (excludes halogenated alkanes) is 1. The van der Waals surface area contributed by atoms with E-state index in [1.807, 2.05) is 26.0 Å². The van der Waals surface area contributed by atoms with Crippen LogP contribution in [0, 0.1) is 25.7 Å². The second-order valence-electron chi connectivity index (χ2n) is 6.82. The number of rotatable bonds is 7. The Morgan fingerprint density at radius 1 is 1.21 bits per heavy atom. The fourth-order valence-electron chi connectivity index (χ4n) is 3.41.